The van der Waals surface area contributed by atoms with Crippen molar-refractivity contribution < 1.29 is 42.9 Å². The maximum atomic E-state index is 12.5. The van der Waals surface area contributed by atoms with Crippen molar-refractivity contribution in [2.24, 2.45) is 0 Å². The first-order chi connectivity index (χ1) is 20.5. The molecule has 0 heterocycles. The highest BCUT2D eigenvalue weighted by Gasteiger charge is 2.11. The molecule has 0 aliphatic heterocycles. The van der Waals surface area contributed by atoms with Crippen LogP contribution >= 0.6 is 0 Å². The van der Waals surface area contributed by atoms with E-state index in [1.54, 1.807) is 48.5 Å². The SMILES string of the molecule is C=CC(=O)OCCCCCCCOc1ccc(C(=O)Oc2ccc(C(=O)OCCc3ccc(OC=O)cc3)cc2)cc1. The number of hydrogen-bond acceptors (Lipinski definition) is 9. The van der Waals surface area contributed by atoms with Gasteiger partial charge in [-0.25, -0.2) is 14.4 Å². The molecule has 0 atom stereocenters. The van der Waals surface area contributed by atoms with Crippen LogP contribution in [0.4, 0.5) is 0 Å². The maximum absolute atomic E-state index is 12.5. The van der Waals surface area contributed by atoms with E-state index < -0.39 is 17.9 Å². The van der Waals surface area contributed by atoms with Crippen LogP contribution in [-0.2, 0) is 25.5 Å². The summed E-state index contributed by atoms with van der Waals surface area (Å²) in [5.41, 5.74) is 1.63. The first kappa shape index (κ1) is 31.6. The quantitative estimate of drug-likeness (QED) is 0.0602. The Morgan fingerprint density at radius 2 is 1.19 bits per heavy atom. The lowest BCUT2D eigenvalue weighted by Gasteiger charge is -2.09. The molecular formula is C33H34O9. The summed E-state index contributed by atoms with van der Waals surface area (Å²) >= 11 is 0. The van der Waals surface area contributed by atoms with E-state index in [0.29, 0.717) is 54.5 Å². The molecule has 0 aliphatic carbocycles. The van der Waals surface area contributed by atoms with Gasteiger partial charge in [0, 0.05) is 12.5 Å². The van der Waals surface area contributed by atoms with Crippen molar-refractivity contribution in [3.8, 4) is 17.2 Å². The molecule has 3 aromatic rings. The molecule has 220 valence electrons. The minimum atomic E-state index is -0.528. The van der Waals surface area contributed by atoms with Crippen LogP contribution in [0.5, 0.6) is 17.2 Å². The van der Waals surface area contributed by atoms with Crippen LogP contribution in [0, 0.1) is 0 Å². The number of rotatable bonds is 18. The molecular weight excluding hydrogens is 540 g/mol. The Labute approximate surface area is 245 Å². The number of unbranched alkanes of at least 4 members (excludes halogenated alkanes) is 4. The summed E-state index contributed by atoms with van der Waals surface area (Å²) in [6.07, 6.45) is 6.40. The summed E-state index contributed by atoms with van der Waals surface area (Å²) in [5.74, 6) is -0.00745. The van der Waals surface area contributed by atoms with Crippen molar-refractivity contribution in [3.63, 3.8) is 0 Å². The van der Waals surface area contributed by atoms with Crippen molar-refractivity contribution in [3.05, 3.63) is 102 Å². The largest absolute Gasteiger partial charge is 0.494 e. The van der Waals surface area contributed by atoms with Crippen molar-refractivity contribution >= 4 is 24.4 Å². The first-order valence-electron chi connectivity index (χ1n) is 13.7. The average molecular weight is 575 g/mol. The third-order valence-electron chi connectivity index (χ3n) is 6.09. The van der Waals surface area contributed by atoms with Crippen LogP contribution in [0.3, 0.4) is 0 Å². The summed E-state index contributed by atoms with van der Waals surface area (Å²) in [5, 5.41) is 0. The zero-order valence-corrected chi connectivity index (χ0v) is 23.3. The normalized spacial score (nSPS) is 10.3. The monoisotopic (exact) mass is 574 g/mol. The van der Waals surface area contributed by atoms with E-state index in [1.165, 1.54) is 24.3 Å². The van der Waals surface area contributed by atoms with Crippen molar-refractivity contribution in [1.82, 2.24) is 0 Å². The van der Waals surface area contributed by atoms with Crippen molar-refractivity contribution in [2.45, 2.75) is 38.5 Å². The highest BCUT2D eigenvalue weighted by Crippen LogP contribution is 2.18. The van der Waals surface area contributed by atoms with Gasteiger partial charge >= 0.3 is 17.9 Å². The van der Waals surface area contributed by atoms with Gasteiger partial charge in [0.25, 0.3) is 6.47 Å². The van der Waals surface area contributed by atoms with Gasteiger partial charge in [-0.3, -0.25) is 4.79 Å². The number of benzene rings is 3. The second-order valence-electron chi connectivity index (χ2n) is 9.17. The highest BCUT2D eigenvalue weighted by molar-refractivity contribution is 5.92. The fourth-order valence-electron chi connectivity index (χ4n) is 3.80. The number of hydrogen-bond donors (Lipinski definition) is 0. The fourth-order valence-corrected chi connectivity index (χ4v) is 3.80. The number of carbonyl (C=O) groups is 4. The van der Waals surface area contributed by atoms with Crippen molar-refractivity contribution in [2.75, 3.05) is 19.8 Å². The Morgan fingerprint density at radius 1 is 0.619 bits per heavy atom. The van der Waals surface area contributed by atoms with E-state index in [9.17, 15) is 19.2 Å². The molecule has 3 aromatic carbocycles. The average Bonchev–Trinajstić information content (AvgIpc) is 3.01. The summed E-state index contributed by atoms with van der Waals surface area (Å²) < 4.78 is 26.2. The molecule has 9 nitrogen and oxygen atoms in total. The molecule has 0 spiro atoms. The Bertz CT molecular complexity index is 1300. The van der Waals surface area contributed by atoms with Gasteiger partial charge in [0.2, 0.25) is 0 Å². The van der Waals surface area contributed by atoms with Gasteiger partial charge in [-0.05, 0) is 79.1 Å². The molecule has 0 aromatic heterocycles. The molecule has 0 radical (unpaired) electrons. The van der Waals surface area contributed by atoms with E-state index >= 15 is 0 Å². The van der Waals surface area contributed by atoms with E-state index in [4.69, 9.17) is 23.7 Å². The molecule has 0 fully saturated rings. The molecule has 3 rings (SSSR count). The van der Waals surface area contributed by atoms with Crippen molar-refractivity contribution in [1.29, 1.82) is 0 Å². The summed E-state index contributed by atoms with van der Waals surface area (Å²) in [6, 6.07) is 19.7. The Kier molecular flexibility index (Phi) is 13.3. The van der Waals surface area contributed by atoms with E-state index in [1.807, 2.05) is 0 Å². The van der Waals surface area contributed by atoms with Gasteiger partial charge in [0.15, 0.2) is 0 Å². The second-order valence-corrected chi connectivity index (χ2v) is 9.17. The molecule has 0 saturated heterocycles. The zero-order chi connectivity index (χ0) is 30.0. The predicted octanol–water partition coefficient (Wildman–Crippen LogP) is 5.90. The Balaban J connectivity index is 1.32. The number of carbonyl (C=O) groups excluding carboxylic acids is 4. The Morgan fingerprint density at radius 3 is 1.83 bits per heavy atom. The molecule has 42 heavy (non-hydrogen) atoms. The zero-order valence-electron chi connectivity index (χ0n) is 23.3. The third-order valence-corrected chi connectivity index (χ3v) is 6.09. The van der Waals surface area contributed by atoms with Crippen LogP contribution in [0.2, 0.25) is 0 Å². The molecule has 0 aliphatic rings. The fraction of sp³-hybridized carbons (Fsp3) is 0.273. The van der Waals surface area contributed by atoms with Crippen LogP contribution in [0.15, 0.2) is 85.5 Å². The Hall–Kier alpha value is -4.92. The smallest absolute Gasteiger partial charge is 0.343 e. The molecule has 0 unspecified atom stereocenters. The van der Waals surface area contributed by atoms with E-state index in [-0.39, 0.29) is 6.61 Å². The predicted molar refractivity (Wildman–Crippen MR) is 155 cm³/mol. The van der Waals surface area contributed by atoms with Gasteiger partial charge < -0.3 is 23.7 Å². The lowest BCUT2D eigenvalue weighted by molar-refractivity contribution is -0.137. The second kappa shape index (κ2) is 17.7. The highest BCUT2D eigenvalue weighted by atomic mass is 16.5. The topological polar surface area (TPSA) is 114 Å². The van der Waals surface area contributed by atoms with Gasteiger partial charge in [-0.15, -0.1) is 0 Å². The van der Waals surface area contributed by atoms with E-state index in [2.05, 4.69) is 6.58 Å². The van der Waals surface area contributed by atoms with Crippen LogP contribution in [-0.4, -0.2) is 44.2 Å². The van der Waals surface area contributed by atoms with Crippen LogP contribution < -0.4 is 14.2 Å². The lowest BCUT2D eigenvalue weighted by atomic mass is 10.1. The van der Waals surface area contributed by atoms with Gasteiger partial charge in [-0.2, -0.15) is 0 Å². The minimum Gasteiger partial charge on any atom is -0.494 e. The van der Waals surface area contributed by atoms with Gasteiger partial charge in [0.1, 0.15) is 17.2 Å². The third kappa shape index (κ3) is 11.3. The number of ether oxygens (including phenoxy) is 5. The first-order valence-corrected chi connectivity index (χ1v) is 13.7. The summed E-state index contributed by atoms with van der Waals surface area (Å²) in [6.45, 7) is 4.88. The van der Waals surface area contributed by atoms with E-state index in [0.717, 1.165) is 43.7 Å². The van der Waals surface area contributed by atoms with Crippen LogP contribution in [0.25, 0.3) is 0 Å². The molecule has 0 saturated carbocycles. The molecule has 0 amide bonds. The standard InChI is InChI=1S/C33H34O9/c1-2-31(35)39-22-7-5-3-4-6-21-38-28-16-10-27(11-17-28)33(37)42-30-18-12-26(13-19-30)32(36)40-23-20-25-8-14-29(15-9-25)41-24-34/h2,8-19,24H,1,3-7,20-23H2. The maximum Gasteiger partial charge on any atom is 0.343 e. The lowest BCUT2D eigenvalue weighted by Crippen LogP contribution is -2.10. The molecule has 0 N–H and O–H groups in total. The van der Waals surface area contributed by atoms with Crippen LogP contribution in [0.1, 0.15) is 58.4 Å². The summed E-state index contributed by atoms with van der Waals surface area (Å²) in [4.78, 5) is 46.2. The minimum absolute atomic E-state index is 0.180. The van der Waals surface area contributed by atoms with Gasteiger partial charge in [-0.1, -0.05) is 38.0 Å². The molecule has 9 heteroatoms. The van der Waals surface area contributed by atoms with Gasteiger partial charge in [0.05, 0.1) is 30.9 Å². The summed E-state index contributed by atoms with van der Waals surface area (Å²) in [7, 11) is 0. The number of esters is 3. The molecule has 0 bridgehead atoms.